The fourth-order valence-electron chi connectivity index (χ4n) is 6.64. The Morgan fingerprint density at radius 2 is 1.97 bits per heavy atom. The number of aryl methyl sites for hydroxylation is 1. The molecule has 3 aliphatic heterocycles. The van der Waals surface area contributed by atoms with Crippen molar-refractivity contribution in [1.82, 2.24) is 15.5 Å². The van der Waals surface area contributed by atoms with Crippen LogP contribution in [0.3, 0.4) is 0 Å². The number of methoxy groups -OCH3 is 2. The number of hydrogen-bond acceptors (Lipinski definition) is 10. The van der Waals surface area contributed by atoms with Crippen LogP contribution in [-0.2, 0) is 25.5 Å². The number of hydrogen-bond donors (Lipinski definition) is 3. The summed E-state index contributed by atoms with van der Waals surface area (Å²) in [5.74, 6) is -0.911. The van der Waals surface area contributed by atoms with E-state index in [9.17, 15) is 24.8 Å². The number of benzene rings is 1. The van der Waals surface area contributed by atoms with Crippen molar-refractivity contribution >= 4 is 17.5 Å². The number of nitriles is 1. The zero-order valence-corrected chi connectivity index (χ0v) is 22.6. The van der Waals surface area contributed by atoms with E-state index < -0.39 is 29.7 Å². The summed E-state index contributed by atoms with van der Waals surface area (Å²) in [5.41, 5.74) is 3.27. The Morgan fingerprint density at radius 1 is 1.23 bits per heavy atom. The minimum absolute atomic E-state index is 0.00258. The van der Waals surface area contributed by atoms with Gasteiger partial charge in [0.15, 0.2) is 18.3 Å². The third-order valence-corrected chi connectivity index (χ3v) is 8.23. The highest BCUT2D eigenvalue weighted by Crippen LogP contribution is 2.51. The molecule has 39 heavy (non-hydrogen) atoms. The summed E-state index contributed by atoms with van der Waals surface area (Å²) < 4.78 is 17.0. The first-order valence-electron chi connectivity index (χ1n) is 12.9. The number of allylic oxidation sites excluding steroid dienone is 2. The highest BCUT2D eigenvalue weighted by Gasteiger charge is 2.55. The molecule has 1 aromatic rings. The molecule has 0 saturated carbocycles. The zero-order chi connectivity index (χ0) is 28.2. The second kappa shape index (κ2) is 10.1. The molecule has 2 bridgehead atoms. The molecule has 0 aromatic heterocycles. The fraction of sp³-hybridized carbons (Fsp3) is 0.500. The zero-order valence-electron chi connectivity index (χ0n) is 22.6. The first-order valence-corrected chi connectivity index (χ1v) is 12.9. The minimum Gasteiger partial charge on any atom is -0.507 e. The quantitative estimate of drug-likeness (QED) is 0.276. The standard InChI is InChI=1S/C28H32N4O7/c1-12-6-15-7-17-19(9-29)32-18(23(31-17)21(15)28(27(12)38-5)39-11-37-4)8-16-22(20(32)10-30-14(3)33)26(36)25(35)13(2)24(16)34/h6,17-20,23,31,34H,7-8,10-11H2,1-5H3,(H,30,33)/t17-,18?,19+,20+,23-/m1/s1. The van der Waals surface area contributed by atoms with Crippen LogP contribution in [0.1, 0.15) is 43.0 Å². The Bertz CT molecular complexity index is 1370. The van der Waals surface area contributed by atoms with Crippen molar-refractivity contribution in [3.8, 4) is 17.6 Å². The van der Waals surface area contributed by atoms with Crippen molar-refractivity contribution in [3.63, 3.8) is 0 Å². The van der Waals surface area contributed by atoms with E-state index in [1.807, 2.05) is 17.9 Å². The molecule has 1 fully saturated rings. The van der Waals surface area contributed by atoms with E-state index in [4.69, 9.17) is 14.2 Å². The van der Waals surface area contributed by atoms with Crippen LogP contribution in [0.5, 0.6) is 11.5 Å². The number of rotatable bonds is 6. The van der Waals surface area contributed by atoms with Gasteiger partial charge in [-0.1, -0.05) is 6.07 Å². The third kappa shape index (κ3) is 4.11. The normalized spacial score (nSPS) is 27.8. The molecular formula is C28H32N4O7. The van der Waals surface area contributed by atoms with Crippen molar-refractivity contribution in [3.05, 3.63) is 45.2 Å². The Hall–Kier alpha value is -3.72. The number of ether oxygens (including phenoxy) is 3. The molecule has 11 heteroatoms. The summed E-state index contributed by atoms with van der Waals surface area (Å²) >= 11 is 0. The van der Waals surface area contributed by atoms with Gasteiger partial charge >= 0.3 is 0 Å². The number of amides is 1. The minimum atomic E-state index is -0.789. The van der Waals surface area contributed by atoms with Gasteiger partial charge in [0.2, 0.25) is 17.5 Å². The van der Waals surface area contributed by atoms with E-state index in [0.717, 1.165) is 16.7 Å². The third-order valence-electron chi connectivity index (χ3n) is 8.23. The van der Waals surface area contributed by atoms with Gasteiger partial charge in [0.25, 0.3) is 0 Å². The van der Waals surface area contributed by atoms with Gasteiger partial charge in [-0.15, -0.1) is 0 Å². The largest absolute Gasteiger partial charge is 0.507 e. The molecule has 5 rings (SSSR count). The Labute approximate surface area is 226 Å². The number of aliphatic hydroxyl groups is 1. The lowest BCUT2D eigenvalue weighted by Gasteiger charge is -2.57. The molecule has 1 aromatic carbocycles. The maximum absolute atomic E-state index is 13.3. The van der Waals surface area contributed by atoms with Crippen LogP contribution in [-0.4, -0.2) is 79.2 Å². The number of Topliss-reactive ketones (excluding diaryl/α,β-unsaturated/α-hetero) is 2. The van der Waals surface area contributed by atoms with Crippen LogP contribution in [0.4, 0.5) is 0 Å². The predicted octanol–water partition coefficient (Wildman–Crippen LogP) is 1.31. The second-order valence-corrected chi connectivity index (χ2v) is 10.4. The summed E-state index contributed by atoms with van der Waals surface area (Å²) in [5, 5.41) is 27.9. The van der Waals surface area contributed by atoms with E-state index in [1.54, 1.807) is 7.11 Å². The number of piperazine rings is 1. The Kier molecular flexibility index (Phi) is 6.97. The molecule has 5 atom stereocenters. The number of nitrogens with one attached hydrogen (secondary N) is 2. The van der Waals surface area contributed by atoms with Gasteiger partial charge in [0.05, 0.1) is 25.3 Å². The molecule has 3 heterocycles. The van der Waals surface area contributed by atoms with E-state index in [0.29, 0.717) is 23.5 Å². The SMILES string of the molecule is COCOc1c(OC)c(C)cc2c1[C@@H]1N[C@H](C2)[C@H](C#N)N2C1CC1=C(C(=O)C(=O)C(C)=C1O)[C@@H]2CNC(C)=O. The molecule has 11 nitrogen and oxygen atoms in total. The predicted molar refractivity (Wildman–Crippen MR) is 138 cm³/mol. The molecule has 1 aliphatic carbocycles. The molecule has 0 radical (unpaired) electrons. The first-order chi connectivity index (χ1) is 18.6. The highest BCUT2D eigenvalue weighted by molar-refractivity contribution is 6.50. The molecular weight excluding hydrogens is 504 g/mol. The summed E-state index contributed by atoms with van der Waals surface area (Å²) in [6.07, 6.45) is 0.716. The van der Waals surface area contributed by atoms with Gasteiger partial charge in [-0.2, -0.15) is 5.26 Å². The average molecular weight is 537 g/mol. The van der Waals surface area contributed by atoms with E-state index >= 15 is 0 Å². The lowest BCUT2D eigenvalue weighted by Crippen LogP contribution is -2.71. The molecule has 206 valence electrons. The van der Waals surface area contributed by atoms with E-state index in [2.05, 4.69) is 16.7 Å². The summed E-state index contributed by atoms with van der Waals surface area (Å²) in [6, 6.07) is 1.91. The summed E-state index contributed by atoms with van der Waals surface area (Å²) in [6.45, 7) is 4.73. The fourth-order valence-corrected chi connectivity index (χ4v) is 6.64. The van der Waals surface area contributed by atoms with Crippen molar-refractivity contribution in [2.24, 2.45) is 0 Å². The number of nitrogens with zero attached hydrogens (tertiary/aromatic N) is 2. The maximum Gasteiger partial charge on any atom is 0.232 e. The van der Waals surface area contributed by atoms with Crippen LogP contribution in [0.25, 0.3) is 0 Å². The van der Waals surface area contributed by atoms with Crippen LogP contribution in [0, 0.1) is 18.3 Å². The second-order valence-electron chi connectivity index (χ2n) is 10.4. The lowest BCUT2D eigenvalue weighted by molar-refractivity contribution is -0.133. The number of carbonyl (C=O) groups excluding carboxylic acids is 3. The van der Waals surface area contributed by atoms with Crippen LogP contribution >= 0.6 is 0 Å². The molecule has 1 saturated heterocycles. The number of carbonyl (C=O) groups is 3. The van der Waals surface area contributed by atoms with E-state index in [1.165, 1.54) is 21.0 Å². The molecule has 0 spiro atoms. The number of ketones is 2. The molecule has 1 unspecified atom stereocenters. The summed E-state index contributed by atoms with van der Waals surface area (Å²) in [7, 11) is 3.10. The van der Waals surface area contributed by atoms with Crippen molar-refractivity contribution in [2.75, 3.05) is 27.6 Å². The van der Waals surface area contributed by atoms with Crippen LogP contribution in [0.15, 0.2) is 28.5 Å². The van der Waals surface area contributed by atoms with Gasteiger partial charge in [-0.05, 0) is 37.8 Å². The molecule has 1 amide bonds. The van der Waals surface area contributed by atoms with Crippen molar-refractivity contribution < 1.29 is 33.7 Å². The van der Waals surface area contributed by atoms with Crippen LogP contribution < -0.4 is 20.1 Å². The van der Waals surface area contributed by atoms with Gasteiger partial charge in [-0.25, -0.2) is 0 Å². The van der Waals surface area contributed by atoms with Crippen molar-refractivity contribution in [2.45, 2.75) is 63.8 Å². The van der Waals surface area contributed by atoms with Gasteiger partial charge in [-0.3, -0.25) is 19.3 Å². The van der Waals surface area contributed by atoms with Crippen LogP contribution in [0.2, 0.25) is 0 Å². The topological polar surface area (TPSA) is 150 Å². The highest BCUT2D eigenvalue weighted by atomic mass is 16.7. The smallest absolute Gasteiger partial charge is 0.232 e. The number of aliphatic hydroxyl groups excluding tert-OH is 1. The monoisotopic (exact) mass is 536 g/mol. The maximum atomic E-state index is 13.3. The van der Waals surface area contributed by atoms with Crippen molar-refractivity contribution in [1.29, 1.82) is 5.26 Å². The molecule has 3 N–H and O–H groups in total. The van der Waals surface area contributed by atoms with E-state index in [-0.39, 0.29) is 54.7 Å². The average Bonchev–Trinajstić information content (AvgIpc) is 2.91. The molecule has 4 aliphatic rings. The van der Waals surface area contributed by atoms with Gasteiger partial charge in [0.1, 0.15) is 11.8 Å². The Balaban J connectivity index is 1.73. The van der Waals surface area contributed by atoms with Gasteiger partial charge in [0, 0.05) is 54.9 Å². The van der Waals surface area contributed by atoms with Gasteiger partial charge < -0.3 is 30.0 Å². The Morgan fingerprint density at radius 3 is 2.62 bits per heavy atom. The summed E-state index contributed by atoms with van der Waals surface area (Å²) in [4.78, 5) is 40.0. The lowest BCUT2D eigenvalue weighted by atomic mass is 9.70. The first kappa shape index (κ1) is 26.9. The number of fused-ring (bicyclic) bond motifs is 6.